The van der Waals surface area contributed by atoms with Crippen molar-refractivity contribution in [2.75, 3.05) is 19.5 Å². The number of methoxy groups -OCH3 is 1. The Bertz CT molecular complexity index is 718. The summed E-state index contributed by atoms with van der Waals surface area (Å²) in [6, 6.07) is 13.1. The molecule has 0 radical (unpaired) electrons. The predicted octanol–water partition coefficient (Wildman–Crippen LogP) is 3.70. The number of nitrogen functional groups attached to an aromatic ring is 1. The fourth-order valence-corrected chi connectivity index (χ4v) is 2.31. The van der Waals surface area contributed by atoms with E-state index in [2.05, 4.69) is 0 Å². The summed E-state index contributed by atoms with van der Waals surface area (Å²) in [5.74, 6) is 1.29. The second-order valence-corrected chi connectivity index (χ2v) is 5.09. The zero-order chi connectivity index (χ0) is 16.8. The van der Waals surface area contributed by atoms with Crippen LogP contribution in [0.3, 0.4) is 0 Å². The van der Waals surface area contributed by atoms with Crippen LogP contribution >= 0.6 is 0 Å². The van der Waals surface area contributed by atoms with Crippen molar-refractivity contribution in [3.8, 4) is 11.5 Å². The van der Waals surface area contributed by atoms with Crippen LogP contribution in [0.1, 0.15) is 25.0 Å². The summed E-state index contributed by atoms with van der Waals surface area (Å²) in [4.78, 5) is 11.6. The summed E-state index contributed by atoms with van der Waals surface area (Å²) in [6.45, 7) is 3.98. The Hall–Kier alpha value is -2.75. The van der Waals surface area contributed by atoms with E-state index in [0.717, 1.165) is 16.7 Å². The van der Waals surface area contributed by atoms with E-state index in [4.69, 9.17) is 15.2 Å². The molecule has 0 amide bonds. The molecule has 2 rings (SSSR count). The van der Waals surface area contributed by atoms with Gasteiger partial charge in [0.2, 0.25) is 0 Å². The predicted molar refractivity (Wildman–Crippen MR) is 92.8 cm³/mol. The van der Waals surface area contributed by atoms with E-state index in [1.807, 2.05) is 49.4 Å². The Labute approximate surface area is 136 Å². The lowest BCUT2D eigenvalue weighted by Gasteiger charge is -2.13. The lowest BCUT2D eigenvalue weighted by atomic mass is 9.96. The van der Waals surface area contributed by atoms with Crippen molar-refractivity contribution < 1.29 is 14.3 Å². The number of carbonyl (C=O) groups is 1. The summed E-state index contributed by atoms with van der Waals surface area (Å²) in [5.41, 5.74) is 9.05. The van der Waals surface area contributed by atoms with Gasteiger partial charge in [-0.25, -0.2) is 0 Å². The minimum absolute atomic E-state index is 0.0226. The van der Waals surface area contributed by atoms with Crippen molar-refractivity contribution in [3.05, 3.63) is 59.7 Å². The molecule has 4 heteroatoms. The van der Waals surface area contributed by atoms with Gasteiger partial charge < -0.3 is 15.2 Å². The first kappa shape index (κ1) is 16.6. The monoisotopic (exact) mass is 311 g/mol. The van der Waals surface area contributed by atoms with Crippen molar-refractivity contribution >= 4 is 17.0 Å². The van der Waals surface area contributed by atoms with Crippen LogP contribution in [0.25, 0.3) is 5.57 Å². The third kappa shape index (κ3) is 4.13. The number of benzene rings is 2. The molecule has 2 aromatic carbocycles. The smallest absolute Gasteiger partial charge is 0.161 e. The molecule has 2 N–H and O–H groups in total. The summed E-state index contributed by atoms with van der Waals surface area (Å²) < 4.78 is 10.9. The molecule has 0 unspecified atom stereocenters. The van der Waals surface area contributed by atoms with Gasteiger partial charge in [0.05, 0.1) is 13.7 Å². The number of nitrogens with two attached hydrogens (primary N) is 1. The standard InChI is InChI=1S/C19H21NO3/c1-4-23-19-12-15(7-10-18(19)22-3)17(11-13(2)21)14-5-8-16(20)9-6-14/h5-12H,4,20H2,1-3H3/b17-11-. The quantitative estimate of drug-likeness (QED) is 0.653. The first-order chi connectivity index (χ1) is 11.0. The van der Waals surface area contributed by atoms with Crippen LogP contribution in [0, 0.1) is 0 Å². The Morgan fingerprint density at radius 1 is 1.09 bits per heavy atom. The number of allylic oxidation sites excluding steroid dienone is 1. The molecular formula is C19H21NO3. The average molecular weight is 311 g/mol. The summed E-state index contributed by atoms with van der Waals surface area (Å²) in [7, 11) is 1.60. The zero-order valence-corrected chi connectivity index (χ0v) is 13.6. The molecule has 0 fully saturated rings. The average Bonchev–Trinajstić information content (AvgIpc) is 2.54. The highest BCUT2D eigenvalue weighted by atomic mass is 16.5. The van der Waals surface area contributed by atoms with Crippen molar-refractivity contribution in [1.82, 2.24) is 0 Å². The van der Waals surface area contributed by atoms with Crippen LogP contribution in [0.4, 0.5) is 5.69 Å². The summed E-state index contributed by atoms with van der Waals surface area (Å²) in [5, 5.41) is 0. The molecule has 0 bridgehead atoms. The molecule has 120 valence electrons. The third-order valence-corrected chi connectivity index (χ3v) is 3.34. The van der Waals surface area contributed by atoms with E-state index in [-0.39, 0.29) is 5.78 Å². The van der Waals surface area contributed by atoms with E-state index in [9.17, 15) is 4.79 Å². The van der Waals surface area contributed by atoms with Crippen LogP contribution < -0.4 is 15.2 Å². The fraction of sp³-hybridized carbons (Fsp3) is 0.211. The first-order valence-electron chi connectivity index (χ1n) is 7.44. The molecule has 0 spiro atoms. The van der Waals surface area contributed by atoms with E-state index < -0.39 is 0 Å². The minimum Gasteiger partial charge on any atom is -0.493 e. The SMILES string of the molecule is CCOc1cc(/C(=C\C(C)=O)c2ccc(N)cc2)ccc1OC. The molecular weight excluding hydrogens is 290 g/mol. The highest BCUT2D eigenvalue weighted by Crippen LogP contribution is 2.33. The van der Waals surface area contributed by atoms with Crippen LogP contribution in [0.2, 0.25) is 0 Å². The topological polar surface area (TPSA) is 61.5 Å². The largest absolute Gasteiger partial charge is 0.493 e. The normalized spacial score (nSPS) is 11.2. The van der Waals surface area contributed by atoms with Crippen molar-refractivity contribution in [1.29, 1.82) is 0 Å². The van der Waals surface area contributed by atoms with Gasteiger partial charge in [0.25, 0.3) is 0 Å². The van der Waals surface area contributed by atoms with Gasteiger partial charge in [-0.05, 0) is 60.9 Å². The van der Waals surface area contributed by atoms with Crippen molar-refractivity contribution in [2.24, 2.45) is 0 Å². The minimum atomic E-state index is -0.0226. The second-order valence-electron chi connectivity index (χ2n) is 5.09. The maximum atomic E-state index is 11.6. The summed E-state index contributed by atoms with van der Waals surface area (Å²) >= 11 is 0. The number of anilines is 1. The van der Waals surface area contributed by atoms with Gasteiger partial charge in [0.15, 0.2) is 17.3 Å². The van der Waals surface area contributed by atoms with Gasteiger partial charge in [-0.1, -0.05) is 18.2 Å². The van der Waals surface area contributed by atoms with E-state index in [1.165, 1.54) is 6.92 Å². The molecule has 0 aromatic heterocycles. The molecule has 0 heterocycles. The molecule has 0 aliphatic carbocycles. The Balaban J connectivity index is 2.54. The molecule has 0 saturated heterocycles. The van der Waals surface area contributed by atoms with Gasteiger partial charge in [0.1, 0.15) is 0 Å². The lowest BCUT2D eigenvalue weighted by Crippen LogP contribution is -1.98. The van der Waals surface area contributed by atoms with Crippen LogP contribution in [-0.2, 0) is 4.79 Å². The molecule has 0 atom stereocenters. The highest BCUT2D eigenvalue weighted by molar-refractivity contribution is 5.99. The maximum absolute atomic E-state index is 11.6. The molecule has 0 saturated carbocycles. The third-order valence-electron chi connectivity index (χ3n) is 3.34. The number of ether oxygens (including phenoxy) is 2. The Kier molecular flexibility index (Phi) is 5.41. The van der Waals surface area contributed by atoms with E-state index in [0.29, 0.717) is 23.8 Å². The summed E-state index contributed by atoms with van der Waals surface area (Å²) in [6.07, 6.45) is 1.61. The zero-order valence-electron chi connectivity index (χ0n) is 13.6. The lowest BCUT2D eigenvalue weighted by molar-refractivity contribution is -0.112. The van der Waals surface area contributed by atoms with Crippen LogP contribution in [0.15, 0.2) is 48.5 Å². The molecule has 4 nitrogen and oxygen atoms in total. The molecule has 0 aliphatic rings. The van der Waals surface area contributed by atoms with Gasteiger partial charge in [-0.15, -0.1) is 0 Å². The van der Waals surface area contributed by atoms with Crippen LogP contribution in [-0.4, -0.2) is 19.5 Å². The van der Waals surface area contributed by atoms with Crippen LogP contribution in [0.5, 0.6) is 11.5 Å². The van der Waals surface area contributed by atoms with Gasteiger partial charge >= 0.3 is 0 Å². The van der Waals surface area contributed by atoms with Gasteiger partial charge in [-0.3, -0.25) is 4.79 Å². The Morgan fingerprint density at radius 2 is 1.74 bits per heavy atom. The maximum Gasteiger partial charge on any atom is 0.161 e. The number of hydrogen-bond donors (Lipinski definition) is 1. The van der Waals surface area contributed by atoms with E-state index >= 15 is 0 Å². The highest BCUT2D eigenvalue weighted by Gasteiger charge is 2.11. The van der Waals surface area contributed by atoms with Gasteiger partial charge in [-0.2, -0.15) is 0 Å². The molecule has 2 aromatic rings. The number of rotatable bonds is 6. The fourth-order valence-electron chi connectivity index (χ4n) is 2.31. The number of carbonyl (C=O) groups excluding carboxylic acids is 1. The van der Waals surface area contributed by atoms with E-state index in [1.54, 1.807) is 13.2 Å². The molecule has 23 heavy (non-hydrogen) atoms. The van der Waals surface area contributed by atoms with Gasteiger partial charge in [0, 0.05) is 5.69 Å². The second kappa shape index (κ2) is 7.49. The van der Waals surface area contributed by atoms with Crippen molar-refractivity contribution in [3.63, 3.8) is 0 Å². The first-order valence-corrected chi connectivity index (χ1v) is 7.44. The van der Waals surface area contributed by atoms with Crippen molar-refractivity contribution in [2.45, 2.75) is 13.8 Å². The Morgan fingerprint density at radius 3 is 2.30 bits per heavy atom. The molecule has 0 aliphatic heterocycles. The number of hydrogen-bond acceptors (Lipinski definition) is 4. The number of ketones is 1.